The second-order valence-electron chi connectivity index (χ2n) is 5.63. The number of aromatic nitrogens is 2. The fraction of sp³-hybridized carbons (Fsp3) is 0.714. The van der Waals surface area contributed by atoms with Crippen molar-refractivity contribution in [3.05, 3.63) is 11.8 Å². The van der Waals surface area contributed by atoms with E-state index in [4.69, 9.17) is 0 Å². The third-order valence-corrected chi connectivity index (χ3v) is 3.80. The molecular formula is C14H24N4. The molecule has 1 aromatic heterocycles. The maximum absolute atomic E-state index is 4.52. The quantitative estimate of drug-likeness (QED) is 0.840. The van der Waals surface area contributed by atoms with Crippen LogP contribution in [0, 0.1) is 12.3 Å². The van der Waals surface area contributed by atoms with E-state index in [-0.39, 0.29) is 0 Å². The fourth-order valence-corrected chi connectivity index (χ4v) is 2.57. The summed E-state index contributed by atoms with van der Waals surface area (Å²) in [5.74, 6) is 1.68. The highest BCUT2D eigenvalue weighted by atomic mass is 15.1. The molecule has 2 rings (SSSR count). The molecule has 0 saturated heterocycles. The molecule has 1 heterocycles. The van der Waals surface area contributed by atoms with Crippen LogP contribution in [-0.4, -0.2) is 23.1 Å². The Morgan fingerprint density at radius 1 is 1.28 bits per heavy atom. The number of hydrogen-bond donors (Lipinski definition) is 2. The van der Waals surface area contributed by atoms with Crippen molar-refractivity contribution in [3.8, 4) is 0 Å². The Morgan fingerprint density at radius 2 is 2.00 bits per heavy atom. The number of rotatable bonds is 5. The zero-order valence-corrected chi connectivity index (χ0v) is 11.7. The summed E-state index contributed by atoms with van der Waals surface area (Å²) in [5, 5.41) is 6.65. The van der Waals surface area contributed by atoms with Gasteiger partial charge in [0.15, 0.2) is 0 Å². The monoisotopic (exact) mass is 248 g/mol. The molecular weight excluding hydrogens is 224 g/mol. The van der Waals surface area contributed by atoms with Crippen molar-refractivity contribution in [2.24, 2.45) is 5.41 Å². The van der Waals surface area contributed by atoms with Crippen LogP contribution in [0.4, 0.5) is 11.8 Å². The van der Waals surface area contributed by atoms with Gasteiger partial charge in [-0.15, -0.1) is 0 Å². The molecule has 4 nitrogen and oxygen atoms in total. The molecule has 1 aliphatic carbocycles. The van der Waals surface area contributed by atoms with Crippen LogP contribution in [0.1, 0.15) is 45.1 Å². The topological polar surface area (TPSA) is 49.8 Å². The van der Waals surface area contributed by atoms with Gasteiger partial charge in [0.25, 0.3) is 0 Å². The molecule has 1 fully saturated rings. The second-order valence-corrected chi connectivity index (χ2v) is 5.63. The van der Waals surface area contributed by atoms with Gasteiger partial charge in [0.2, 0.25) is 5.95 Å². The van der Waals surface area contributed by atoms with Crippen molar-refractivity contribution in [2.45, 2.75) is 46.5 Å². The van der Waals surface area contributed by atoms with E-state index in [2.05, 4.69) is 41.4 Å². The molecule has 1 aromatic rings. The van der Waals surface area contributed by atoms with E-state index in [9.17, 15) is 0 Å². The Bertz CT molecular complexity index is 397. The lowest BCUT2D eigenvalue weighted by Crippen LogP contribution is -2.24. The van der Waals surface area contributed by atoms with Gasteiger partial charge >= 0.3 is 0 Å². The first kappa shape index (κ1) is 13.1. The summed E-state index contributed by atoms with van der Waals surface area (Å²) in [7, 11) is 0. The molecule has 0 amide bonds. The van der Waals surface area contributed by atoms with E-state index in [1.165, 1.54) is 25.7 Å². The first-order valence-corrected chi connectivity index (χ1v) is 6.94. The lowest BCUT2D eigenvalue weighted by Gasteiger charge is -2.24. The molecule has 100 valence electrons. The van der Waals surface area contributed by atoms with E-state index in [0.717, 1.165) is 24.5 Å². The largest absolute Gasteiger partial charge is 0.369 e. The van der Waals surface area contributed by atoms with Crippen molar-refractivity contribution in [3.63, 3.8) is 0 Å². The molecule has 18 heavy (non-hydrogen) atoms. The summed E-state index contributed by atoms with van der Waals surface area (Å²) >= 11 is 0. The van der Waals surface area contributed by atoms with Crippen LogP contribution in [0.15, 0.2) is 6.20 Å². The predicted molar refractivity (Wildman–Crippen MR) is 76.0 cm³/mol. The van der Waals surface area contributed by atoms with Gasteiger partial charge in [0.05, 0.1) is 0 Å². The first-order valence-electron chi connectivity index (χ1n) is 6.94. The van der Waals surface area contributed by atoms with Gasteiger partial charge in [-0.25, -0.2) is 4.98 Å². The van der Waals surface area contributed by atoms with E-state index >= 15 is 0 Å². The Kier molecular flexibility index (Phi) is 4.04. The summed E-state index contributed by atoms with van der Waals surface area (Å²) in [4.78, 5) is 8.78. The van der Waals surface area contributed by atoms with Crippen LogP contribution in [0.2, 0.25) is 0 Å². The molecule has 0 aliphatic heterocycles. The minimum Gasteiger partial charge on any atom is -0.369 e. The Hall–Kier alpha value is -1.32. The molecule has 0 aromatic carbocycles. The average Bonchev–Trinajstić information content (AvgIpc) is 2.78. The Morgan fingerprint density at radius 3 is 2.67 bits per heavy atom. The highest BCUT2D eigenvalue weighted by molar-refractivity contribution is 5.46. The zero-order chi connectivity index (χ0) is 13.0. The zero-order valence-electron chi connectivity index (χ0n) is 11.7. The van der Waals surface area contributed by atoms with Crippen LogP contribution < -0.4 is 10.6 Å². The summed E-state index contributed by atoms with van der Waals surface area (Å²) in [5.41, 5.74) is 1.55. The standard InChI is InChI=1S/C14H24N4/c1-4-15-13-16-9-11(2)12(18-13)17-10-14(3)7-5-6-8-14/h9H,4-8,10H2,1-3H3,(H2,15,16,17,18). The van der Waals surface area contributed by atoms with Crippen molar-refractivity contribution in [1.82, 2.24) is 9.97 Å². The van der Waals surface area contributed by atoms with Gasteiger partial charge in [-0.3, -0.25) is 0 Å². The van der Waals surface area contributed by atoms with E-state index in [1.807, 2.05) is 6.20 Å². The normalized spacial score (nSPS) is 17.7. The third-order valence-electron chi connectivity index (χ3n) is 3.80. The molecule has 0 bridgehead atoms. The molecule has 0 spiro atoms. The van der Waals surface area contributed by atoms with Crippen molar-refractivity contribution in [1.29, 1.82) is 0 Å². The summed E-state index contributed by atoms with van der Waals surface area (Å²) < 4.78 is 0. The third kappa shape index (κ3) is 3.12. The van der Waals surface area contributed by atoms with Gasteiger partial charge in [0, 0.05) is 24.8 Å². The van der Waals surface area contributed by atoms with Crippen LogP contribution >= 0.6 is 0 Å². The number of hydrogen-bond acceptors (Lipinski definition) is 4. The minimum absolute atomic E-state index is 0.440. The molecule has 4 heteroatoms. The van der Waals surface area contributed by atoms with E-state index < -0.39 is 0 Å². The number of nitrogens with zero attached hydrogens (tertiary/aromatic N) is 2. The average molecular weight is 248 g/mol. The maximum atomic E-state index is 4.52. The van der Waals surface area contributed by atoms with Crippen molar-refractivity contribution >= 4 is 11.8 Å². The van der Waals surface area contributed by atoms with Crippen molar-refractivity contribution in [2.75, 3.05) is 23.7 Å². The molecule has 0 unspecified atom stereocenters. The lowest BCUT2D eigenvalue weighted by atomic mass is 9.89. The highest BCUT2D eigenvalue weighted by Gasteiger charge is 2.28. The van der Waals surface area contributed by atoms with Crippen molar-refractivity contribution < 1.29 is 0 Å². The van der Waals surface area contributed by atoms with Gasteiger partial charge in [0.1, 0.15) is 5.82 Å². The Labute approximate surface area is 110 Å². The molecule has 2 N–H and O–H groups in total. The summed E-state index contributed by atoms with van der Waals surface area (Å²) in [6.07, 6.45) is 7.26. The first-order chi connectivity index (χ1) is 8.63. The number of nitrogens with one attached hydrogen (secondary N) is 2. The predicted octanol–water partition coefficient (Wildman–Crippen LogP) is 3.21. The van der Waals surface area contributed by atoms with E-state index in [1.54, 1.807) is 0 Å². The fourth-order valence-electron chi connectivity index (χ4n) is 2.57. The Balaban J connectivity index is 2.01. The number of anilines is 2. The minimum atomic E-state index is 0.440. The summed E-state index contributed by atoms with van der Waals surface area (Å²) in [6, 6.07) is 0. The highest BCUT2D eigenvalue weighted by Crippen LogP contribution is 2.37. The molecule has 0 atom stereocenters. The van der Waals surface area contributed by atoms with Crippen LogP contribution in [0.5, 0.6) is 0 Å². The SMILES string of the molecule is CCNc1ncc(C)c(NCC2(C)CCCC2)n1. The van der Waals surface area contributed by atoms with Gasteiger partial charge in [-0.05, 0) is 32.1 Å². The molecule has 0 radical (unpaired) electrons. The number of aryl methyl sites for hydroxylation is 1. The lowest BCUT2D eigenvalue weighted by molar-refractivity contribution is 0.361. The molecule has 1 aliphatic rings. The maximum Gasteiger partial charge on any atom is 0.224 e. The second kappa shape index (κ2) is 5.55. The van der Waals surface area contributed by atoms with Crippen LogP contribution in [0.3, 0.4) is 0 Å². The van der Waals surface area contributed by atoms with Crippen LogP contribution in [-0.2, 0) is 0 Å². The van der Waals surface area contributed by atoms with E-state index in [0.29, 0.717) is 11.4 Å². The van der Waals surface area contributed by atoms with Gasteiger partial charge in [-0.1, -0.05) is 19.8 Å². The van der Waals surface area contributed by atoms with Gasteiger partial charge < -0.3 is 10.6 Å². The smallest absolute Gasteiger partial charge is 0.224 e. The van der Waals surface area contributed by atoms with Gasteiger partial charge in [-0.2, -0.15) is 4.98 Å². The molecule has 1 saturated carbocycles. The summed E-state index contributed by atoms with van der Waals surface area (Å²) in [6.45, 7) is 8.33. The van der Waals surface area contributed by atoms with Crippen LogP contribution in [0.25, 0.3) is 0 Å².